The molecule has 3 rings (SSSR count). The third kappa shape index (κ3) is 4.05. The zero-order valence-electron chi connectivity index (χ0n) is 14.8. The van der Waals surface area contributed by atoms with Crippen molar-refractivity contribution in [2.24, 2.45) is 5.92 Å². The molecule has 0 aromatic carbocycles. The smallest absolute Gasteiger partial charge is 0.281 e. The average molecular weight is 364 g/mol. The van der Waals surface area contributed by atoms with Crippen LogP contribution in [0.15, 0.2) is 18.6 Å². The first-order valence-corrected chi connectivity index (χ1v) is 9.76. The second-order valence-corrected chi connectivity index (χ2v) is 8.79. The van der Waals surface area contributed by atoms with Gasteiger partial charge in [-0.05, 0) is 38.2 Å². The maximum Gasteiger partial charge on any atom is 0.281 e. The van der Waals surface area contributed by atoms with Gasteiger partial charge in [0.1, 0.15) is 12.0 Å². The molecule has 0 radical (unpaired) electrons. The Morgan fingerprint density at radius 3 is 2.56 bits per heavy atom. The molecule has 0 saturated carbocycles. The van der Waals surface area contributed by atoms with E-state index in [4.69, 9.17) is 0 Å². The third-order valence-corrected chi connectivity index (χ3v) is 6.47. The summed E-state index contributed by atoms with van der Waals surface area (Å²) < 4.78 is 27.2. The molecule has 3 heterocycles. The van der Waals surface area contributed by atoms with Crippen molar-refractivity contribution in [1.82, 2.24) is 28.5 Å². The number of nitrogens with zero attached hydrogens (tertiary/aromatic N) is 5. The Labute approximate surface area is 148 Å². The van der Waals surface area contributed by atoms with Crippen molar-refractivity contribution in [3.63, 3.8) is 0 Å². The standard InChI is InChI=1S/C16H24N6O2S/c1-12-10-17-16(20-12)15-9-14(18-11-19-15)8-13-4-6-22(7-5-13)25(23,24)21(2)3/h9-11,13H,4-8H2,1-3H3,(H,17,20). The van der Waals surface area contributed by atoms with Gasteiger partial charge in [0.05, 0.1) is 0 Å². The number of H-pyrrole nitrogens is 1. The lowest BCUT2D eigenvalue weighted by Gasteiger charge is -2.32. The van der Waals surface area contributed by atoms with Gasteiger partial charge < -0.3 is 4.98 Å². The van der Waals surface area contributed by atoms with Crippen LogP contribution in [-0.4, -0.2) is 64.1 Å². The molecule has 136 valence electrons. The molecule has 9 heteroatoms. The van der Waals surface area contributed by atoms with Crippen molar-refractivity contribution in [3.8, 4) is 11.5 Å². The lowest BCUT2D eigenvalue weighted by atomic mass is 9.93. The van der Waals surface area contributed by atoms with Gasteiger partial charge in [-0.3, -0.25) is 0 Å². The first kappa shape index (κ1) is 18.0. The molecule has 0 aliphatic carbocycles. The van der Waals surface area contributed by atoms with Gasteiger partial charge in [0.2, 0.25) is 0 Å². The van der Waals surface area contributed by atoms with E-state index in [9.17, 15) is 8.42 Å². The minimum Gasteiger partial charge on any atom is -0.341 e. The minimum absolute atomic E-state index is 0.426. The average Bonchev–Trinajstić information content (AvgIpc) is 3.02. The molecule has 25 heavy (non-hydrogen) atoms. The van der Waals surface area contributed by atoms with Crippen molar-refractivity contribution in [2.75, 3.05) is 27.2 Å². The summed E-state index contributed by atoms with van der Waals surface area (Å²) in [6.45, 7) is 3.06. The van der Waals surface area contributed by atoms with Crippen LogP contribution in [0.3, 0.4) is 0 Å². The summed E-state index contributed by atoms with van der Waals surface area (Å²) in [7, 11) is -0.169. The predicted molar refractivity (Wildman–Crippen MR) is 95.0 cm³/mol. The number of aryl methyl sites for hydroxylation is 1. The number of piperidine rings is 1. The van der Waals surface area contributed by atoms with Crippen LogP contribution < -0.4 is 0 Å². The quantitative estimate of drug-likeness (QED) is 0.861. The van der Waals surface area contributed by atoms with Crippen LogP contribution in [0.4, 0.5) is 0 Å². The van der Waals surface area contributed by atoms with Crippen LogP contribution in [0.5, 0.6) is 0 Å². The summed E-state index contributed by atoms with van der Waals surface area (Å²) in [5.41, 5.74) is 2.74. The number of aromatic amines is 1. The SMILES string of the molecule is Cc1cnc(-c2cc(CC3CCN(S(=O)(=O)N(C)C)CC3)ncn2)[nH]1. The fourth-order valence-electron chi connectivity index (χ4n) is 3.05. The maximum absolute atomic E-state index is 12.2. The molecule has 8 nitrogen and oxygen atoms in total. The highest BCUT2D eigenvalue weighted by Gasteiger charge is 2.29. The summed E-state index contributed by atoms with van der Waals surface area (Å²) in [5.74, 6) is 1.17. The van der Waals surface area contributed by atoms with E-state index in [2.05, 4.69) is 19.9 Å². The summed E-state index contributed by atoms with van der Waals surface area (Å²) in [5, 5.41) is 0. The Morgan fingerprint density at radius 2 is 1.96 bits per heavy atom. The van der Waals surface area contributed by atoms with E-state index < -0.39 is 10.2 Å². The third-order valence-electron chi connectivity index (χ3n) is 4.53. The summed E-state index contributed by atoms with van der Waals surface area (Å²) in [6, 6.07) is 1.96. The van der Waals surface area contributed by atoms with Gasteiger partial charge in [-0.25, -0.2) is 15.0 Å². The number of rotatable bonds is 5. The van der Waals surface area contributed by atoms with Gasteiger partial charge in [0, 0.05) is 44.8 Å². The fourth-order valence-corrected chi connectivity index (χ4v) is 4.19. The maximum atomic E-state index is 12.2. The Morgan fingerprint density at radius 1 is 1.24 bits per heavy atom. The number of aromatic nitrogens is 4. The summed E-state index contributed by atoms with van der Waals surface area (Å²) >= 11 is 0. The van der Waals surface area contributed by atoms with Gasteiger partial charge in [-0.1, -0.05) is 0 Å². The van der Waals surface area contributed by atoms with Gasteiger partial charge >= 0.3 is 0 Å². The van der Waals surface area contributed by atoms with Crippen LogP contribution >= 0.6 is 0 Å². The molecule has 1 fully saturated rings. The van der Waals surface area contributed by atoms with E-state index in [1.54, 1.807) is 30.9 Å². The lowest BCUT2D eigenvalue weighted by molar-refractivity contribution is 0.261. The molecule has 0 spiro atoms. The van der Waals surface area contributed by atoms with Crippen LogP contribution in [-0.2, 0) is 16.6 Å². The van der Waals surface area contributed by atoms with Crippen molar-refractivity contribution in [3.05, 3.63) is 30.0 Å². The predicted octanol–water partition coefficient (Wildman–Crippen LogP) is 1.24. The van der Waals surface area contributed by atoms with Crippen LogP contribution in [0.25, 0.3) is 11.5 Å². The molecular weight excluding hydrogens is 340 g/mol. The lowest BCUT2D eigenvalue weighted by Crippen LogP contribution is -2.44. The number of imidazole rings is 1. The fraction of sp³-hybridized carbons (Fsp3) is 0.562. The van der Waals surface area contributed by atoms with Crippen molar-refractivity contribution >= 4 is 10.2 Å². The van der Waals surface area contributed by atoms with E-state index >= 15 is 0 Å². The van der Waals surface area contributed by atoms with Crippen molar-refractivity contribution in [2.45, 2.75) is 26.2 Å². The molecule has 0 atom stereocenters. The Kier molecular flexibility index (Phi) is 5.16. The van der Waals surface area contributed by atoms with Gasteiger partial charge in [0.25, 0.3) is 10.2 Å². The zero-order chi connectivity index (χ0) is 18.0. The Hall–Kier alpha value is -1.84. The van der Waals surface area contributed by atoms with Crippen LogP contribution in [0, 0.1) is 12.8 Å². The first-order chi connectivity index (χ1) is 11.9. The largest absolute Gasteiger partial charge is 0.341 e. The zero-order valence-corrected chi connectivity index (χ0v) is 15.6. The number of hydrogen-bond donors (Lipinski definition) is 1. The highest BCUT2D eigenvalue weighted by Crippen LogP contribution is 2.24. The van der Waals surface area contributed by atoms with E-state index in [1.165, 1.54) is 4.31 Å². The number of nitrogens with one attached hydrogen (secondary N) is 1. The van der Waals surface area contributed by atoms with E-state index in [-0.39, 0.29) is 0 Å². The Balaban J connectivity index is 1.63. The molecule has 0 amide bonds. The first-order valence-electron chi connectivity index (χ1n) is 8.37. The molecule has 2 aromatic heterocycles. The molecule has 0 unspecified atom stereocenters. The minimum atomic E-state index is -3.31. The van der Waals surface area contributed by atoms with Crippen molar-refractivity contribution in [1.29, 1.82) is 0 Å². The molecular formula is C16H24N6O2S. The molecule has 2 aromatic rings. The molecule has 0 bridgehead atoms. The molecule has 1 saturated heterocycles. The normalized spacial score (nSPS) is 17.3. The summed E-state index contributed by atoms with van der Waals surface area (Å²) in [4.78, 5) is 16.1. The van der Waals surface area contributed by atoms with Crippen molar-refractivity contribution < 1.29 is 8.42 Å². The van der Waals surface area contributed by atoms with E-state index in [0.29, 0.717) is 19.0 Å². The topological polar surface area (TPSA) is 95.1 Å². The highest BCUT2D eigenvalue weighted by molar-refractivity contribution is 7.86. The van der Waals surface area contributed by atoms with Gasteiger partial charge in [0.15, 0.2) is 5.82 Å². The molecule has 1 aliphatic heterocycles. The van der Waals surface area contributed by atoms with Gasteiger partial charge in [-0.15, -0.1) is 0 Å². The second kappa shape index (κ2) is 7.19. The van der Waals surface area contributed by atoms with Gasteiger partial charge in [-0.2, -0.15) is 17.0 Å². The highest BCUT2D eigenvalue weighted by atomic mass is 32.2. The monoisotopic (exact) mass is 364 g/mol. The summed E-state index contributed by atoms with van der Waals surface area (Å²) in [6.07, 6.45) is 5.84. The second-order valence-electron chi connectivity index (χ2n) is 6.65. The Bertz CT molecular complexity index is 825. The van der Waals surface area contributed by atoms with E-state index in [0.717, 1.165) is 42.2 Å². The van der Waals surface area contributed by atoms with Crippen LogP contribution in [0.1, 0.15) is 24.2 Å². The van der Waals surface area contributed by atoms with E-state index in [1.807, 2.05) is 13.0 Å². The number of hydrogen-bond acceptors (Lipinski definition) is 5. The molecule has 1 N–H and O–H groups in total. The van der Waals surface area contributed by atoms with Crippen LogP contribution in [0.2, 0.25) is 0 Å². The molecule has 1 aliphatic rings.